The number of hydrogen-bond donors (Lipinski definition) is 1. The van der Waals surface area contributed by atoms with E-state index in [9.17, 15) is 8.42 Å². The summed E-state index contributed by atoms with van der Waals surface area (Å²) in [5, 5.41) is -0.137. The molecule has 0 aliphatic heterocycles. The Labute approximate surface area is 105 Å². The molecule has 0 radical (unpaired) electrons. The molecule has 0 bridgehead atoms. The standard InChI is InChI=1S/C12H24N2O2S/c1-14(10-12(9-13)7-4-8-12)17(15,16)11-5-2-3-6-11/h11H,2-10,13H2,1H3. The van der Waals surface area contributed by atoms with Gasteiger partial charge in [0, 0.05) is 13.6 Å². The molecule has 0 atom stereocenters. The van der Waals surface area contributed by atoms with Gasteiger partial charge in [-0.3, -0.25) is 0 Å². The molecule has 0 aromatic heterocycles. The summed E-state index contributed by atoms with van der Waals surface area (Å²) in [7, 11) is -1.35. The Bertz CT molecular complexity index is 351. The second-order valence-electron chi connectivity index (χ2n) is 5.77. The largest absolute Gasteiger partial charge is 0.330 e. The van der Waals surface area contributed by atoms with Crippen LogP contribution in [0.15, 0.2) is 0 Å². The second kappa shape index (κ2) is 4.86. The summed E-state index contributed by atoms with van der Waals surface area (Å²) in [6.45, 7) is 1.22. The predicted octanol–water partition coefficient (Wildman–Crippen LogP) is 1.32. The van der Waals surface area contributed by atoms with Crippen molar-refractivity contribution < 1.29 is 8.42 Å². The van der Waals surface area contributed by atoms with Gasteiger partial charge >= 0.3 is 0 Å². The molecule has 4 nitrogen and oxygen atoms in total. The summed E-state index contributed by atoms with van der Waals surface area (Å²) in [5.74, 6) is 0. The molecule has 2 N–H and O–H groups in total. The van der Waals surface area contributed by atoms with Crippen molar-refractivity contribution in [1.29, 1.82) is 0 Å². The first-order valence-corrected chi connectivity index (χ1v) is 8.16. The molecule has 0 spiro atoms. The minimum atomic E-state index is -3.08. The van der Waals surface area contributed by atoms with Gasteiger partial charge in [-0.1, -0.05) is 19.3 Å². The highest BCUT2D eigenvalue weighted by Crippen LogP contribution is 2.41. The van der Waals surface area contributed by atoms with Crippen LogP contribution in [0.5, 0.6) is 0 Å². The maximum atomic E-state index is 12.4. The second-order valence-corrected chi connectivity index (χ2v) is 8.09. The molecule has 2 fully saturated rings. The monoisotopic (exact) mass is 260 g/mol. The first-order valence-electron chi connectivity index (χ1n) is 6.65. The minimum Gasteiger partial charge on any atom is -0.330 e. The van der Waals surface area contributed by atoms with Crippen LogP contribution in [0.3, 0.4) is 0 Å². The normalized spacial score (nSPS) is 25.1. The van der Waals surface area contributed by atoms with Gasteiger partial charge in [0.05, 0.1) is 5.25 Å². The Kier molecular flexibility index (Phi) is 3.80. The van der Waals surface area contributed by atoms with Crippen molar-refractivity contribution >= 4 is 10.0 Å². The molecular formula is C12H24N2O2S. The van der Waals surface area contributed by atoms with Gasteiger partial charge in [-0.25, -0.2) is 12.7 Å². The lowest BCUT2D eigenvalue weighted by Gasteiger charge is -2.43. The molecule has 0 aromatic rings. The first-order chi connectivity index (χ1) is 8.00. The maximum Gasteiger partial charge on any atom is 0.216 e. The van der Waals surface area contributed by atoms with Crippen LogP contribution < -0.4 is 5.73 Å². The van der Waals surface area contributed by atoms with Crippen molar-refractivity contribution in [3.05, 3.63) is 0 Å². The third kappa shape index (κ3) is 2.51. The van der Waals surface area contributed by atoms with Crippen molar-refractivity contribution in [3.63, 3.8) is 0 Å². The number of nitrogens with zero attached hydrogens (tertiary/aromatic N) is 1. The van der Waals surface area contributed by atoms with Gasteiger partial charge in [0.1, 0.15) is 0 Å². The van der Waals surface area contributed by atoms with Gasteiger partial charge < -0.3 is 5.73 Å². The fourth-order valence-corrected chi connectivity index (χ4v) is 5.00. The highest BCUT2D eigenvalue weighted by Gasteiger charge is 2.41. The first kappa shape index (κ1) is 13.3. The molecule has 100 valence electrons. The van der Waals surface area contributed by atoms with Crippen molar-refractivity contribution in [2.45, 2.75) is 50.2 Å². The number of rotatable bonds is 5. The fraction of sp³-hybridized carbons (Fsp3) is 1.00. The van der Waals surface area contributed by atoms with Crippen LogP contribution in [0.25, 0.3) is 0 Å². The molecule has 2 aliphatic carbocycles. The van der Waals surface area contributed by atoms with Gasteiger partial charge in [-0.05, 0) is 37.6 Å². The van der Waals surface area contributed by atoms with Gasteiger partial charge in [0.25, 0.3) is 0 Å². The number of nitrogens with two attached hydrogens (primary N) is 1. The van der Waals surface area contributed by atoms with Gasteiger partial charge in [0.2, 0.25) is 10.0 Å². The van der Waals surface area contributed by atoms with Gasteiger partial charge in [-0.15, -0.1) is 0 Å². The van der Waals surface area contributed by atoms with E-state index in [1.807, 2.05) is 0 Å². The van der Waals surface area contributed by atoms with Gasteiger partial charge in [0.15, 0.2) is 0 Å². The molecule has 0 heterocycles. The SMILES string of the molecule is CN(CC1(CN)CCC1)S(=O)(=O)C1CCCC1. The van der Waals surface area contributed by atoms with E-state index < -0.39 is 10.0 Å². The molecule has 0 unspecified atom stereocenters. The van der Waals surface area contributed by atoms with E-state index in [1.54, 1.807) is 11.4 Å². The van der Waals surface area contributed by atoms with Crippen LogP contribution in [-0.2, 0) is 10.0 Å². The van der Waals surface area contributed by atoms with E-state index in [1.165, 1.54) is 6.42 Å². The van der Waals surface area contributed by atoms with Crippen LogP contribution in [0.2, 0.25) is 0 Å². The lowest BCUT2D eigenvalue weighted by molar-refractivity contribution is 0.117. The Morgan fingerprint density at radius 2 is 1.82 bits per heavy atom. The molecule has 2 rings (SSSR count). The summed E-state index contributed by atoms with van der Waals surface area (Å²) in [6, 6.07) is 0. The predicted molar refractivity (Wildman–Crippen MR) is 69.1 cm³/mol. The maximum absolute atomic E-state index is 12.4. The highest BCUT2D eigenvalue weighted by atomic mass is 32.2. The van der Waals surface area contributed by atoms with Crippen molar-refractivity contribution in [3.8, 4) is 0 Å². The summed E-state index contributed by atoms with van der Waals surface area (Å²) < 4.78 is 26.3. The molecule has 2 aliphatic rings. The average Bonchev–Trinajstić information content (AvgIpc) is 2.76. The van der Waals surface area contributed by atoms with Crippen LogP contribution in [-0.4, -0.2) is 38.1 Å². The number of sulfonamides is 1. The molecule has 0 aromatic carbocycles. The third-order valence-corrected chi connectivity index (χ3v) is 6.87. The Hall–Kier alpha value is -0.130. The zero-order valence-electron chi connectivity index (χ0n) is 10.7. The molecule has 5 heteroatoms. The molecular weight excluding hydrogens is 236 g/mol. The van der Waals surface area contributed by atoms with E-state index >= 15 is 0 Å². The van der Waals surface area contributed by atoms with Crippen LogP contribution >= 0.6 is 0 Å². The lowest BCUT2D eigenvalue weighted by atomic mass is 9.69. The molecule has 0 amide bonds. The quantitative estimate of drug-likeness (QED) is 0.811. The fourth-order valence-electron chi connectivity index (χ4n) is 3.11. The molecule has 0 saturated heterocycles. The summed E-state index contributed by atoms with van der Waals surface area (Å²) in [5.41, 5.74) is 5.86. The zero-order valence-corrected chi connectivity index (χ0v) is 11.5. The van der Waals surface area contributed by atoms with E-state index in [4.69, 9.17) is 5.73 Å². The van der Waals surface area contributed by atoms with E-state index in [0.717, 1.165) is 38.5 Å². The summed E-state index contributed by atoms with van der Waals surface area (Å²) >= 11 is 0. The van der Waals surface area contributed by atoms with Crippen molar-refractivity contribution in [1.82, 2.24) is 4.31 Å². The smallest absolute Gasteiger partial charge is 0.216 e. The Morgan fingerprint density at radius 3 is 2.24 bits per heavy atom. The van der Waals surface area contributed by atoms with Crippen LogP contribution in [0.4, 0.5) is 0 Å². The van der Waals surface area contributed by atoms with Crippen LogP contribution in [0, 0.1) is 5.41 Å². The Morgan fingerprint density at radius 1 is 1.24 bits per heavy atom. The van der Waals surface area contributed by atoms with Crippen molar-refractivity contribution in [2.24, 2.45) is 11.1 Å². The summed E-state index contributed by atoms with van der Waals surface area (Å²) in [4.78, 5) is 0. The van der Waals surface area contributed by atoms with Crippen LogP contribution in [0.1, 0.15) is 44.9 Å². The number of hydrogen-bond acceptors (Lipinski definition) is 3. The highest BCUT2D eigenvalue weighted by molar-refractivity contribution is 7.89. The molecule has 17 heavy (non-hydrogen) atoms. The summed E-state index contributed by atoms with van der Waals surface area (Å²) in [6.07, 6.45) is 7.13. The van der Waals surface area contributed by atoms with E-state index in [2.05, 4.69) is 0 Å². The Balaban J connectivity index is 2.01. The van der Waals surface area contributed by atoms with E-state index in [-0.39, 0.29) is 10.7 Å². The van der Waals surface area contributed by atoms with Gasteiger partial charge in [-0.2, -0.15) is 0 Å². The topological polar surface area (TPSA) is 63.4 Å². The van der Waals surface area contributed by atoms with E-state index in [0.29, 0.717) is 13.1 Å². The molecule has 2 saturated carbocycles. The lowest BCUT2D eigenvalue weighted by Crippen LogP contribution is -2.49. The van der Waals surface area contributed by atoms with Crippen molar-refractivity contribution in [2.75, 3.05) is 20.1 Å². The third-order valence-electron chi connectivity index (χ3n) is 4.56. The average molecular weight is 260 g/mol. The zero-order chi connectivity index (χ0) is 12.5. The minimum absolute atomic E-state index is 0.0699.